The molecule has 2 aliphatic rings. The highest BCUT2D eigenvalue weighted by atomic mass is 79.9. The molecule has 0 saturated carbocycles. The molecular weight excluding hydrogens is 392 g/mol. The third-order valence-electron chi connectivity index (χ3n) is 5.52. The summed E-state index contributed by atoms with van der Waals surface area (Å²) in [6.45, 7) is 2.70. The standard InChI is InChI=1S/C21H23BrN2O2/c1-13-9-15-10-16(22)11-17-19(15)24(13)12-18(20(17)25)21(26)23-8-7-14-5-3-2-4-6-14/h5,10-13H,2-4,6-9H2,1H3,(H,23,26)/t13-/m0/s1. The van der Waals surface area contributed by atoms with Crippen molar-refractivity contribution in [3.05, 3.63) is 55.8 Å². The largest absolute Gasteiger partial charge is 0.352 e. The Morgan fingerprint density at radius 2 is 2.19 bits per heavy atom. The number of nitrogens with zero attached hydrogens (tertiary/aromatic N) is 1. The van der Waals surface area contributed by atoms with Crippen LogP contribution in [0.5, 0.6) is 0 Å². The van der Waals surface area contributed by atoms with E-state index in [0.29, 0.717) is 11.9 Å². The van der Waals surface area contributed by atoms with Crippen molar-refractivity contribution in [2.24, 2.45) is 0 Å². The van der Waals surface area contributed by atoms with Crippen molar-refractivity contribution in [3.63, 3.8) is 0 Å². The van der Waals surface area contributed by atoms with Crippen LogP contribution in [0.2, 0.25) is 0 Å². The van der Waals surface area contributed by atoms with Gasteiger partial charge < -0.3 is 9.88 Å². The quantitative estimate of drug-likeness (QED) is 0.748. The number of hydrogen-bond acceptors (Lipinski definition) is 2. The number of amides is 1. The zero-order valence-corrected chi connectivity index (χ0v) is 16.6. The zero-order valence-electron chi connectivity index (χ0n) is 15.0. The van der Waals surface area contributed by atoms with E-state index in [0.717, 1.165) is 41.2 Å². The third kappa shape index (κ3) is 3.13. The Kier molecular flexibility index (Phi) is 4.74. The first kappa shape index (κ1) is 17.5. The van der Waals surface area contributed by atoms with Crippen LogP contribution in [-0.2, 0) is 6.42 Å². The van der Waals surface area contributed by atoms with Crippen LogP contribution in [-0.4, -0.2) is 17.0 Å². The van der Waals surface area contributed by atoms with Crippen molar-refractivity contribution in [2.45, 2.75) is 51.5 Å². The lowest BCUT2D eigenvalue weighted by atomic mass is 9.97. The average Bonchev–Trinajstić information content (AvgIpc) is 2.94. The maximum absolute atomic E-state index is 12.9. The lowest BCUT2D eigenvalue weighted by molar-refractivity contribution is 0.0952. The summed E-state index contributed by atoms with van der Waals surface area (Å²) < 4.78 is 2.97. The number of benzene rings is 1. The maximum atomic E-state index is 12.9. The van der Waals surface area contributed by atoms with E-state index < -0.39 is 0 Å². The molecule has 1 aromatic heterocycles. The van der Waals surface area contributed by atoms with Crippen LogP contribution in [0, 0.1) is 0 Å². The molecule has 0 unspecified atom stereocenters. The summed E-state index contributed by atoms with van der Waals surface area (Å²) in [4.78, 5) is 25.6. The fourth-order valence-corrected chi connectivity index (χ4v) is 4.69. The SMILES string of the molecule is C[C@H]1Cc2cc(Br)cc3c(=O)c(C(=O)NCCC4=CCCCC4)cn1c23. The van der Waals surface area contributed by atoms with E-state index in [1.165, 1.54) is 18.4 Å². The molecule has 0 spiro atoms. The molecule has 1 amide bonds. The van der Waals surface area contributed by atoms with Crippen LogP contribution in [0.1, 0.15) is 61.0 Å². The lowest BCUT2D eigenvalue weighted by Crippen LogP contribution is -2.30. The van der Waals surface area contributed by atoms with E-state index in [1.54, 1.807) is 6.20 Å². The van der Waals surface area contributed by atoms with Gasteiger partial charge in [0.15, 0.2) is 0 Å². The van der Waals surface area contributed by atoms with Crippen LogP contribution in [0.25, 0.3) is 10.9 Å². The molecule has 5 heteroatoms. The van der Waals surface area contributed by atoms with E-state index >= 15 is 0 Å². The number of halogens is 1. The lowest BCUT2D eigenvalue weighted by Gasteiger charge is -2.14. The normalized spacial score (nSPS) is 18.8. The molecule has 0 fully saturated rings. The molecule has 0 saturated heterocycles. The number of pyridine rings is 1. The molecule has 0 radical (unpaired) electrons. The van der Waals surface area contributed by atoms with Gasteiger partial charge in [0.2, 0.25) is 5.43 Å². The number of nitrogens with one attached hydrogen (secondary N) is 1. The number of carbonyl (C=O) groups excluding carboxylic acids is 1. The molecule has 0 bridgehead atoms. The highest BCUT2D eigenvalue weighted by molar-refractivity contribution is 9.10. The third-order valence-corrected chi connectivity index (χ3v) is 5.98. The molecule has 2 aromatic rings. The zero-order chi connectivity index (χ0) is 18.3. The van der Waals surface area contributed by atoms with E-state index in [1.807, 2.05) is 6.07 Å². The van der Waals surface area contributed by atoms with Crippen molar-refractivity contribution in [3.8, 4) is 0 Å². The second kappa shape index (κ2) is 7.03. The van der Waals surface area contributed by atoms with E-state index in [2.05, 4.69) is 44.9 Å². The van der Waals surface area contributed by atoms with Crippen LogP contribution >= 0.6 is 15.9 Å². The van der Waals surface area contributed by atoms with Crippen molar-refractivity contribution in [1.82, 2.24) is 9.88 Å². The van der Waals surface area contributed by atoms with E-state index in [4.69, 9.17) is 0 Å². The molecule has 4 nitrogen and oxygen atoms in total. The summed E-state index contributed by atoms with van der Waals surface area (Å²) in [6, 6.07) is 4.15. The summed E-state index contributed by atoms with van der Waals surface area (Å²) in [6.07, 6.45) is 10.6. The van der Waals surface area contributed by atoms with Gasteiger partial charge in [0.1, 0.15) is 5.56 Å². The molecule has 2 heterocycles. The minimum atomic E-state index is -0.266. The van der Waals surface area contributed by atoms with Crippen molar-refractivity contribution in [1.29, 1.82) is 0 Å². The van der Waals surface area contributed by atoms with Gasteiger partial charge in [-0.1, -0.05) is 27.6 Å². The van der Waals surface area contributed by atoms with Gasteiger partial charge in [-0.3, -0.25) is 9.59 Å². The fourth-order valence-electron chi connectivity index (χ4n) is 4.19. The summed E-state index contributed by atoms with van der Waals surface area (Å²) in [5.74, 6) is -0.266. The number of carbonyl (C=O) groups is 1. The van der Waals surface area contributed by atoms with Crippen molar-refractivity contribution >= 4 is 32.7 Å². The average molecular weight is 415 g/mol. The summed E-state index contributed by atoms with van der Waals surface area (Å²) in [5, 5.41) is 3.57. The Morgan fingerprint density at radius 1 is 1.35 bits per heavy atom. The van der Waals surface area contributed by atoms with Crippen molar-refractivity contribution < 1.29 is 4.79 Å². The molecule has 1 N–H and O–H groups in total. The van der Waals surface area contributed by atoms with Crippen LogP contribution in [0.3, 0.4) is 0 Å². The minimum absolute atomic E-state index is 0.178. The topological polar surface area (TPSA) is 51.1 Å². The smallest absolute Gasteiger partial charge is 0.256 e. The molecule has 1 aliphatic carbocycles. The second-order valence-corrected chi connectivity index (χ2v) is 8.32. The second-order valence-electron chi connectivity index (χ2n) is 7.41. The molecule has 136 valence electrons. The summed E-state index contributed by atoms with van der Waals surface area (Å²) in [7, 11) is 0. The number of aromatic nitrogens is 1. The predicted octanol–water partition coefficient (Wildman–Crippen LogP) is 4.50. The molecule has 1 atom stereocenters. The van der Waals surface area contributed by atoms with Crippen molar-refractivity contribution in [2.75, 3.05) is 6.54 Å². The first-order chi connectivity index (χ1) is 12.5. The van der Waals surface area contributed by atoms with Crippen LogP contribution < -0.4 is 10.7 Å². The van der Waals surface area contributed by atoms with Gasteiger partial charge in [-0.15, -0.1) is 0 Å². The van der Waals surface area contributed by atoms with Crippen LogP contribution in [0.15, 0.2) is 39.2 Å². The summed E-state index contributed by atoms with van der Waals surface area (Å²) >= 11 is 3.49. The fraction of sp³-hybridized carbons (Fsp3) is 0.429. The minimum Gasteiger partial charge on any atom is -0.352 e. The monoisotopic (exact) mass is 414 g/mol. The molecule has 1 aliphatic heterocycles. The maximum Gasteiger partial charge on any atom is 0.256 e. The van der Waals surface area contributed by atoms with Gasteiger partial charge in [-0.05, 0) is 63.1 Å². The van der Waals surface area contributed by atoms with E-state index in [9.17, 15) is 9.59 Å². The molecule has 26 heavy (non-hydrogen) atoms. The van der Waals surface area contributed by atoms with E-state index in [-0.39, 0.29) is 22.9 Å². The van der Waals surface area contributed by atoms with Gasteiger partial charge >= 0.3 is 0 Å². The molecule has 1 aromatic carbocycles. The van der Waals surface area contributed by atoms with Gasteiger partial charge in [0.25, 0.3) is 5.91 Å². The first-order valence-electron chi connectivity index (χ1n) is 9.38. The Labute approximate surface area is 161 Å². The van der Waals surface area contributed by atoms with Gasteiger partial charge in [0.05, 0.1) is 5.52 Å². The van der Waals surface area contributed by atoms with Gasteiger partial charge in [0, 0.05) is 28.6 Å². The highest BCUT2D eigenvalue weighted by Crippen LogP contribution is 2.33. The number of hydrogen-bond donors (Lipinski definition) is 1. The Hall–Kier alpha value is -1.88. The highest BCUT2D eigenvalue weighted by Gasteiger charge is 2.25. The van der Waals surface area contributed by atoms with Crippen LogP contribution in [0.4, 0.5) is 0 Å². The first-order valence-corrected chi connectivity index (χ1v) is 10.2. The van der Waals surface area contributed by atoms with Gasteiger partial charge in [-0.25, -0.2) is 0 Å². The Balaban J connectivity index is 1.61. The Bertz CT molecular complexity index is 974. The van der Waals surface area contributed by atoms with Gasteiger partial charge in [-0.2, -0.15) is 0 Å². The predicted molar refractivity (Wildman–Crippen MR) is 108 cm³/mol. The molecule has 4 rings (SSSR count). The number of rotatable bonds is 4. The Morgan fingerprint density at radius 3 is 2.96 bits per heavy atom. The number of allylic oxidation sites excluding steroid dienone is 1. The summed E-state index contributed by atoms with van der Waals surface area (Å²) in [5.41, 5.74) is 3.62. The molecular formula is C21H23BrN2O2.